The van der Waals surface area contributed by atoms with Gasteiger partial charge in [0.2, 0.25) is 10.0 Å². The molecule has 2 N–H and O–H groups in total. The Labute approximate surface area is 125 Å². The van der Waals surface area contributed by atoms with Crippen LogP contribution < -0.4 is 5.73 Å². The number of rotatable bonds is 3. The maximum Gasteiger partial charge on any atom is 0.417 e. The summed E-state index contributed by atoms with van der Waals surface area (Å²) in [4.78, 5) is -0.417. The van der Waals surface area contributed by atoms with Crippen LogP contribution in [-0.2, 0) is 16.2 Å². The minimum Gasteiger partial charge on any atom is -0.329 e. The fourth-order valence-corrected chi connectivity index (χ4v) is 4.33. The lowest BCUT2D eigenvalue weighted by molar-refractivity contribution is -0.137. The molecule has 0 spiro atoms. The predicted octanol–water partition coefficient (Wildman–Crippen LogP) is 2.47. The second kappa shape index (κ2) is 5.75. The maximum atomic E-state index is 12.8. The number of benzene rings is 1. The van der Waals surface area contributed by atoms with Gasteiger partial charge in [-0.3, -0.25) is 0 Å². The second-order valence-electron chi connectivity index (χ2n) is 4.79. The molecule has 0 saturated carbocycles. The van der Waals surface area contributed by atoms with Crippen LogP contribution in [0.5, 0.6) is 0 Å². The van der Waals surface area contributed by atoms with Gasteiger partial charge in [0.15, 0.2) is 0 Å². The van der Waals surface area contributed by atoms with Gasteiger partial charge in [-0.2, -0.15) is 17.5 Å². The molecule has 1 fully saturated rings. The average molecular weight is 343 g/mol. The minimum atomic E-state index is -4.71. The van der Waals surface area contributed by atoms with Crippen molar-refractivity contribution in [1.82, 2.24) is 4.31 Å². The standard InChI is InChI=1S/C12H14ClF3N2O2S/c13-11-4-3-9(6-10(11)12(14,15)16)21(19,20)18-5-1-2-8(18)7-17/h3-4,6,8H,1-2,5,7,17H2/t8-/m0/s1. The van der Waals surface area contributed by atoms with Crippen molar-refractivity contribution in [2.75, 3.05) is 13.1 Å². The van der Waals surface area contributed by atoms with Crippen molar-refractivity contribution in [3.05, 3.63) is 28.8 Å². The Morgan fingerprint density at radius 1 is 1.38 bits per heavy atom. The number of nitrogens with zero attached hydrogens (tertiary/aromatic N) is 1. The summed E-state index contributed by atoms with van der Waals surface area (Å²) in [5.74, 6) is 0. The van der Waals surface area contributed by atoms with Crippen LogP contribution >= 0.6 is 11.6 Å². The number of nitrogens with two attached hydrogens (primary N) is 1. The summed E-state index contributed by atoms with van der Waals surface area (Å²) in [5, 5.41) is -0.529. The summed E-state index contributed by atoms with van der Waals surface area (Å²) >= 11 is 5.50. The fraction of sp³-hybridized carbons (Fsp3) is 0.500. The van der Waals surface area contributed by atoms with Crippen molar-refractivity contribution < 1.29 is 21.6 Å². The van der Waals surface area contributed by atoms with Crippen molar-refractivity contribution in [1.29, 1.82) is 0 Å². The molecule has 9 heteroatoms. The minimum absolute atomic E-state index is 0.138. The lowest BCUT2D eigenvalue weighted by Gasteiger charge is -2.23. The van der Waals surface area contributed by atoms with Crippen molar-refractivity contribution in [3.8, 4) is 0 Å². The van der Waals surface area contributed by atoms with E-state index in [2.05, 4.69) is 0 Å². The number of halogens is 4. The average Bonchev–Trinajstić information content (AvgIpc) is 2.86. The van der Waals surface area contributed by atoms with Crippen LogP contribution in [-0.4, -0.2) is 31.9 Å². The topological polar surface area (TPSA) is 63.4 Å². The molecule has 2 rings (SSSR count). The molecule has 1 aliphatic heterocycles. The summed E-state index contributed by atoms with van der Waals surface area (Å²) in [6.45, 7) is 0.396. The molecule has 0 amide bonds. The van der Waals surface area contributed by atoms with Crippen LogP contribution in [0.3, 0.4) is 0 Å². The molecular formula is C12H14ClF3N2O2S. The van der Waals surface area contributed by atoms with Crippen LogP contribution in [0.2, 0.25) is 5.02 Å². The van der Waals surface area contributed by atoms with Crippen LogP contribution in [0.15, 0.2) is 23.1 Å². The zero-order valence-corrected chi connectivity index (χ0v) is 12.5. The number of hydrogen-bond donors (Lipinski definition) is 1. The molecule has 1 atom stereocenters. The predicted molar refractivity (Wildman–Crippen MR) is 72.4 cm³/mol. The number of hydrogen-bond acceptors (Lipinski definition) is 3. The van der Waals surface area contributed by atoms with Crippen LogP contribution in [0.1, 0.15) is 18.4 Å². The smallest absolute Gasteiger partial charge is 0.329 e. The van der Waals surface area contributed by atoms with Crippen molar-refractivity contribution in [2.24, 2.45) is 5.73 Å². The highest BCUT2D eigenvalue weighted by Crippen LogP contribution is 2.37. The van der Waals surface area contributed by atoms with Gasteiger partial charge in [-0.25, -0.2) is 8.42 Å². The quantitative estimate of drug-likeness (QED) is 0.917. The Kier molecular flexibility index (Phi) is 4.53. The van der Waals surface area contributed by atoms with Crippen LogP contribution in [0.4, 0.5) is 13.2 Å². The van der Waals surface area contributed by atoms with Gasteiger partial charge in [0.1, 0.15) is 0 Å². The second-order valence-corrected chi connectivity index (χ2v) is 7.08. The molecule has 118 valence electrons. The highest BCUT2D eigenvalue weighted by molar-refractivity contribution is 7.89. The fourth-order valence-electron chi connectivity index (χ4n) is 2.38. The SMILES string of the molecule is NC[C@@H]1CCCN1S(=O)(=O)c1ccc(Cl)c(C(F)(F)F)c1. The number of sulfonamides is 1. The van der Waals surface area contributed by atoms with Gasteiger partial charge < -0.3 is 5.73 Å². The molecule has 1 saturated heterocycles. The van der Waals surface area contributed by atoms with E-state index < -0.39 is 31.7 Å². The first-order valence-electron chi connectivity index (χ1n) is 6.26. The van der Waals surface area contributed by atoms with E-state index in [0.717, 1.165) is 16.4 Å². The molecule has 1 aromatic rings. The van der Waals surface area contributed by atoms with Crippen molar-refractivity contribution >= 4 is 21.6 Å². The highest BCUT2D eigenvalue weighted by Gasteiger charge is 2.38. The van der Waals surface area contributed by atoms with E-state index in [1.807, 2.05) is 0 Å². The zero-order valence-electron chi connectivity index (χ0n) is 10.9. The van der Waals surface area contributed by atoms with Gasteiger partial charge in [-0.05, 0) is 31.0 Å². The molecule has 4 nitrogen and oxygen atoms in total. The maximum absolute atomic E-state index is 12.8. The Morgan fingerprint density at radius 2 is 2.05 bits per heavy atom. The Hall–Kier alpha value is -0.830. The molecule has 0 radical (unpaired) electrons. The monoisotopic (exact) mass is 342 g/mol. The molecule has 1 aromatic carbocycles. The summed E-state index contributed by atoms with van der Waals surface area (Å²) in [6.07, 6.45) is -3.46. The van der Waals surface area contributed by atoms with Gasteiger partial charge in [0, 0.05) is 19.1 Å². The largest absolute Gasteiger partial charge is 0.417 e. The molecule has 21 heavy (non-hydrogen) atoms. The van der Waals surface area contributed by atoms with Gasteiger partial charge in [0.05, 0.1) is 15.5 Å². The van der Waals surface area contributed by atoms with E-state index in [9.17, 15) is 21.6 Å². The Balaban J connectivity index is 2.46. The summed E-state index contributed by atoms with van der Waals surface area (Å²) in [5.41, 5.74) is 4.36. The van der Waals surface area contributed by atoms with Crippen molar-refractivity contribution in [3.63, 3.8) is 0 Å². The summed E-state index contributed by atoms with van der Waals surface area (Å²) in [7, 11) is -4.00. The molecule has 0 aromatic heterocycles. The molecule has 1 heterocycles. The van der Waals surface area contributed by atoms with Gasteiger partial charge in [0.25, 0.3) is 0 Å². The van der Waals surface area contributed by atoms with E-state index in [-0.39, 0.29) is 19.1 Å². The highest BCUT2D eigenvalue weighted by atomic mass is 35.5. The van der Waals surface area contributed by atoms with Crippen molar-refractivity contribution in [2.45, 2.75) is 30.0 Å². The molecule has 0 aliphatic carbocycles. The normalized spacial score (nSPS) is 20.9. The van der Waals surface area contributed by atoms with Gasteiger partial charge >= 0.3 is 6.18 Å². The third-order valence-corrected chi connectivity index (χ3v) is 5.72. The third-order valence-electron chi connectivity index (χ3n) is 3.45. The van der Waals surface area contributed by atoms with Gasteiger partial charge in [-0.15, -0.1) is 0 Å². The van der Waals surface area contributed by atoms with Crippen LogP contribution in [0.25, 0.3) is 0 Å². The first-order chi connectivity index (χ1) is 9.67. The van der Waals surface area contributed by atoms with E-state index in [4.69, 9.17) is 17.3 Å². The molecule has 0 bridgehead atoms. The summed E-state index contributed by atoms with van der Waals surface area (Å²) < 4.78 is 64.5. The first-order valence-corrected chi connectivity index (χ1v) is 8.08. The molecular weight excluding hydrogens is 329 g/mol. The summed E-state index contributed by atoms with van der Waals surface area (Å²) in [6, 6.07) is 2.23. The lowest BCUT2D eigenvalue weighted by atomic mass is 10.2. The Morgan fingerprint density at radius 3 is 2.62 bits per heavy atom. The van der Waals surface area contributed by atoms with E-state index in [0.29, 0.717) is 18.9 Å². The zero-order chi connectivity index (χ0) is 15.8. The van der Waals surface area contributed by atoms with E-state index >= 15 is 0 Å². The van der Waals surface area contributed by atoms with Gasteiger partial charge in [-0.1, -0.05) is 11.6 Å². The van der Waals surface area contributed by atoms with E-state index in [1.54, 1.807) is 0 Å². The molecule has 0 unspecified atom stereocenters. The Bertz CT molecular complexity index is 634. The van der Waals surface area contributed by atoms with Crippen LogP contribution in [0, 0.1) is 0 Å². The molecule has 1 aliphatic rings. The third kappa shape index (κ3) is 3.18. The lowest BCUT2D eigenvalue weighted by Crippen LogP contribution is -2.39. The van der Waals surface area contributed by atoms with E-state index in [1.165, 1.54) is 0 Å². The first kappa shape index (κ1) is 16.5. The number of alkyl halides is 3.